The molecule has 0 spiro atoms. The largest absolute Gasteiger partial charge is 0.309 e. The fourth-order valence-corrected chi connectivity index (χ4v) is 8.16. The molecule has 1 aliphatic carbocycles. The Morgan fingerprint density at radius 2 is 1.12 bits per heavy atom. The van der Waals surface area contributed by atoms with Crippen LogP contribution in [0.15, 0.2) is 164 Å². The minimum atomic E-state index is -0.113. The second-order valence-corrected chi connectivity index (χ2v) is 13.8. The van der Waals surface area contributed by atoms with Crippen LogP contribution in [0.4, 0.5) is 0 Å². The third-order valence-corrected chi connectivity index (χ3v) is 10.6. The molecular formula is C47H33N3. The Kier molecular flexibility index (Phi) is 6.22. The van der Waals surface area contributed by atoms with Gasteiger partial charge in [0, 0.05) is 38.3 Å². The topological polar surface area (TPSA) is 30.7 Å². The summed E-state index contributed by atoms with van der Waals surface area (Å²) >= 11 is 0. The van der Waals surface area contributed by atoms with Gasteiger partial charge in [0.25, 0.3) is 0 Å². The molecular weight excluding hydrogens is 607 g/mol. The fourth-order valence-electron chi connectivity index (χ4n) is 8.16. The molecule has 3 nitrogen and oxygen atoms in total. The lowest BCUT2D eigenvalue weighted by molar-refractivity contribution is 0.661. The van der Waals surface area contributed by atoms with E-state index in [4.69, 9.17) is 9.97 Å². The zero-order valence-electron chi connectivity index (χ0n) is 27.9. The number of hydrogen-bond donors (Lipinski definition) is 0. The van der Waals surface area contributed by atoms with E-state index in [2.05, 4.69) is 170 Å². The third-order valence-electron chi connectivity index (χ3n) is 10.6. The van der Waals surface area contributed by atoms with Crippen molar-refractivity contribution in [2.24, 2.45) is 0 Å². The van der Waals surface area contributed by atoms with Gasteiger partial charge in [-0.3, -0.25) is 0 Å². The fraction of sp³-hybridized carbons (Fsp3) is 0.0638. The smallest absolute Gasteiger partial charge is 0.160 e. The van der Waals surface area contributed by atoms with Gasteiger partial charge in [0.2, 0.25) is 0 Å². The standard InChI is InChI=1S/C47H33N3/c1-47(2)39-22-12-9-19-34(39)37-28-38-35-20-11-14-24-42(35)50(44(38)29-40(37)47)43-27-32(25-26-33(43)30-15-5-3-6-16-30)46-48-41-23-13-10-21-36(41)45(49-46)31-17-7-4-8-18-31/h3-29H,1-2H3. The highest BCUT2D eigenvalue weighted by Crippen LogP contribution is 2.51. The predicted octanol–water partition coefficient (Wildman–Crippen LogP) is 12.0. The molecule has 50 heavy (non-hydrogen) atoms. The molecule has 10 rings (SSSR count). The lowest BCUT2D eigenvalue weighted by Crippen LogP contribution is -2.15. The van der Waals surface area contributed by atoms with Crippen LogP contribution in [0.25, 0.3) is 83.3 Å². The normalized spacial score (nSPS) is 13.2. The van der Waals surface area contributed by atoms with Crippen molar-refractivity contribution < 1.29 is 0 Å². The molecule has 0 bridgehead atoms. The summed E-state index contributed by atoms with van der Waals surface area (Å²) in [5.74, 6) is 0.710. The van der Waals surface area contributed by atoms with Crippen LogP contribution in [0.1, 0.15) is 25.0 Å². The molecule has 3 heteroatoms. The maximum absolute atomic E-state index is 5.26. The van der Waals surface area contributed by atoms with Crippen LogP contribution in [0.5, 0.6) is 0 Å². The van der Waals surface area contributed by atoms with Gasteiger partial charge in [-0.1, -0.05) is 147 Å². The first-order valence-electron chi connectivity index (χ1n) is 17.3. The summed E-state index contributed by atoms with van der Waals surface area (Å²) in [6.07, 6.45) is 0. The van der Waals surface area contributed by atoms with E-state index in [-0.39, 0.29) is 5.41 Å². The third kappa shape index (κ3) is 4.23. The van der Waals surface area contributed by atoms with Gasteiger partial charge in [-0.2, -0.15) is 0 Å². The summed E-state index contributed by atoms with van der Waals surface area (Å²) in [5.41, 5.74) is 15.0. The maximum Gasteiger partial charge on any atom is 0.160 e. The predicted molar refractivity (Wildman–Crippen MR) is 208 cm³/mol. The molecule has 0 radical (unpaired) electrons. The van der Waals surface area contributed by atoms with Crippen molar-refractivity contribution in [1.82, 2.24) is 14.5 Å². The number of nitrogens with zero attached hydrogens (tertiary/aromatic N) is 3. The average molecular weight is 640 g/mol. The van der Waals surface area contributed by atoms with E-state index < -0.39 is 0 Å². The Balaban J connectivity index is 1.28. The first-order chi connectivity index (χ1) is 24.6. The second-order valence-electron chi connectivity index (χ2n) is 13.8. The van der Waals surface area contributed by atoms with E-state index in [0.717, 1.165) is 39.0 Å². The first kappa shape index (κ1) is 28.7. The van der Waals surface area contributed by atoms with E-state index in [9.17, 15) is 0 Å². The van der Waals surface area contributed by atoms with Gasteiger partial charge in [-0.25, -0.2) is 9.97 Å². The summed E-state index contributed by atoms with van der Waals surface area (Å²) in [6, 6.07) is 58.7. The maximum atomic E-state index is 5.26. The number of aromatic nitrogens is 3. The van der Waals surface area contributed by atoms with E-state index in [1.54, 1.807) is 0 Å². The molecule has 7 aromatic carbocycles. The molecule has 0 amide bonds. The molecule has 0 unspecified atom stereocenters. The molecule has 9 aromatic rings. The molecule has 2 heterocycles. The average Bonchev–Trinajstić information content (AvgIpc) is 3.62. The summed E-state index contributed by atoms with van der Waals surface area (Å²) in [6.45, 7) is 4.71. The molecule has 0 aliphatic heterocycles. The highest BCUT2D eigenvalue weighted by atomic mass is 15.0. The molecule has 236 valence electrons. The molecule has 1 aliphatic rings. The van der Waals surface area contributed by atoms with Crippen LogP contribution in [0.3, 0.4) is 0 Å². The van der Waals surface area contributed by atoms with Crippen molar-refractivity contribution in [1.29, 1.82) is 0 Å². The lowest BCUT2D eigenvalue weighted by atomic mass is 9.82. The summed E-state index contributed by atoms with van der Waals surface area (Å²) in [7, 11) is 0. The zero-order valence-corrected chi connectivity index (χ0v) is 27.9. The van der Waals surface area contributed by atoms with E-state index >= 15 is 0 Å². The Hall–Kier alpha value is -6.32. The van der Waals surface area contributed by atoms with Crippen LogP contribution in [-0.2, 0) is 5.41 Å². The van der Waals surface area contributed by atoms with Crippen LogP contribution < -0.4 is 0 Å². The van der Waals surface area contributed by atoms with Crippen LogP contribution in [-0.4, -0.2) is 14.5 Å². The minimum Gasteiger partial charge on any atom is -0.309 e. The van der Waals surface area contributed by atoms with Crippen LogP contribution in [0, 0.1) is 0 Å². The van der Waals surface area contributed by atoms with E-state index in [0.29, 0.717) is 5.82 Å². The van der Waals surface area contributed by atoms with Gasteiger partial charge in [-0.05, 0) is 58.1 Å². The highest BCUT2D eigenvalue weighted by Gasteiger charge is 2.36. The molecule has 0 saturated carbocycles. The Labute approximate surface area is 291 Å². The highest BCUT2D eigenvalue weighted by molar-refractivity contribution is 6.12. The van der Waals surface area contributed by atoms with Crippen molar-refractivity contribution in [3.05, 3.63) is 175 Å². The summed E-state index contributed by atoms with van der Waals surface area (Å²) in [4.78, 5) is 10.4. The second kappa shape index (κ2) is 10.8. The first-order valence-corrected chi connectivity index (χ1v) is 17.3. The lowest BCUT2D eigenvalue weighted by Gasteiger charge is -2.22. The molecule has 0 saturated heterocycles. The van der Waals surface area contributed by atoms with Crippen molar-refractivity contribution in [3.63, 3.8) is 0 Å². The summed E-state index contributed by atoms with van der Waals surface area (Å²) < 4.78 is 2.47. The van der Waals surface area contributed by atoms with Crippen LogP contribution in [0.2, 0.25) is 0 Å². The van der Waals surface area contributed by atoms with Gasteiger partial charge in [0.1, 0.15) is 0 Å². The van der Waals surface area contributed by atoms with Crippen molar-refractivity contribution in [3.8, 4) is 50.6 Å². The quantitative estimate of drug-likeness (QED) is 0.192. The monoisotopic (exact) mass is 639 g/mol. The van der Waals surface area contributed by atoms with E-state index in [1.165, 1.54) is 49.6 Å². The number of para-hydroxylation sites is 2. The SMILES string of the molecule is CC1(C)c2ccccc2-c2cc3c4ccccc4n(-c4cc(-c5nc(-c6ccccc6)c6ccccc6n5)ccc4-c4ccccc4)c3cc21. The molecule has 0 atom stereocenters. The summed E-state index contributed by atoms with van der Waals surface area (Å²) in [5, 5.41) is 3.54. The van der Waals surface area contributed by atoms with Gasteiger partial charge < -0.3 is 4.57 Å². The number of fused-ring (bicyclic) bond motifs is 7. The Bertz CT molecular complexity index is 2770. The van der Waals surface area contributed by atoms with Crippen molar-refractivity contribution in [2.45, 2.75) is 19.3 Å². The molecule has 2 aromatic heterocycles. The van der Waals surface area contributed by atoms with E-state index in [1.807, 2.05) is 12.1 Å². The van der Waals surface area contributed by atoms with Gasteiger partial charge in [0.05, 0.1) is 27.9 Å². The van der Waals surface area contributed by atoms with Gasteiger partial charge in [0.15, 0.2) is 5.82 Å². The number of benzene rings is 7. The minimum absolute atomic E-state index is 0.113. The Morgan fingerprint density at radius 3 is 1.94 bits per heavy atom. The van der Waals surface area contributed by atoms with Gasteiger partial charge in [-0.15, -0.1) is 0 Å². The molecule has 0 fully saturated rings. The number of hydrogen-bond acceptors (Lipinski definition) is 2. The van der Waals surface area contributed by atoms with Crippen molar-refractivity contribution in [2.75, 3.05) is 0 Å². The Morgan fingerprint density at radius 1 is 0.440 bits per heavy atom. The van der Waals surface area contributed by atoms with Crippen LogP contribution >= 0.6 is 0 Å². The van der Waals surface area contributed by atoms with Gasteiger partial charge >= 0.3 is 0 Å². The van der Waals surface area contributed by atoms with Crippen molar-refractivity contribution >= 4 is 32.7 Å². The number of rotatable bonds is 4. The molecule has 0 N–H and O–H groups in total. The zero-order chi connectivity index (χ0) is 33.4.